The van der Waals surface area contributed by atoms with Crippen LogP contribution < -0.4 is 25.9 Å². The van der Waals surface area contributed by atoms with Crippen molar-refractivity contribution in [3.05, 3.63) is 162 Å². The van der Waals surface area contributed by atoms with Crippen LogP contribution >= 0.6 is 0 Å². The van der Waals surface area contributed by atoms with E-state index in [1.54, 1.807) is 0 Å². The van der Waals surface area contributed by atoms with E-state index in [9.17, 15) is 0 Å². The molecule has 0 aliphatic carbocycles. The van der Waals surface area contributed by atoms with Gasteiger partial charge in [0.15, 0.2) is 0 Å². The van der Waals surface area contributed by atoms with E-state index in [-0.39, 0.29) is 23.0 Å². The Morgan fingerprint density at radius 1 is 0.339 bits per heavy atom. The van der Waals surface area contributed by atoms with Crippen molar-refractivity contribution in [2.75, 3.05) is 0 Å². The van der Waals surface area contributed by atoms with Crippen LogP contribution in [0.25, 0.3) is 54.9 Å². The lowest BCUT2D eigenvalue weighted by Gasteiger charge is -2.35. The third kappa shape index (κ3) is 6.25. The predicted molar refractivity (Wildman–Crippen MR) is 252 cm³/mol. The van der Waals surface area contributed by atoms with E-state index in [1.165, 1.54) is 71.4 Å². The maximum absolute atomic E-state index is 7.02. The van der Waals surface area contributed by atoms with Gasteiger partial charge in [-0.3, -0.25) is 0 Å². The zero-order valence-electron chi connectivity index (χ0n) is 35.8. The molecule has 0 atom stereocenters. The fourth-order valence-corrected chi connectivity index (χ4v) is 9.32. The number of hydrogen-bond donors (Lipinski definition) is 0. The number of rotatable bonds is 3. The largest absolute Gasteiger partial charge is 0.458 e. The van der Waals surface area contributed by atoms with Crippen LogP contribution in [-0.2, 0) is 16.2 Å². The van der Waals surface area contributed by atoms with Gasteiger partial charge >= 0.3 is 0 Å². The maximum atomic E-state index is 7.02. The normalized spacial score (nSPS) is 13.4. The molecule has 59 heavy (non-hydrogen) atoms. The average molecular weight is 767 g/mol. The third-order valence-electron chi connectivity index (χ3n) is 12.6. The molecule has 0 unspecified atom stereocenters. The molecule has 8 aromatic rings. The standard InChI is InChI=1S/C56H51BO2/c1-54(2,3)38-23-25-45-47(32-38)58-49-30-36(31-50-53(49)57(45)46-26-24-39(55(4,5)6)33-48(46)59-50)35-27-37(29-40(28-35)56(7,8)9)52-43-21-15-13-19-41(43)51(34-17-11-10-12-18-34)42-20-14-16-22-44(42)52/h10-33H,1-9H3. The van der Waals surface area contributed by atoms with Gasteiger partial charge in [0.05, 0.1) is 0 Å². The fraction of sp³-hybridized carbons (Fsp3) is 0.214. The van der Waals surface area contributed by atoms with Crippen LogP contribution in [0.15, 0.2) is 146 Å². The van der Waals surface area contributed by atoms with Gasteiger partial charge in [0.2, 0.25) is 0 Å². The molecule has 0 N–H and O–H groups in total. The Morgan fingerprint density at radius 3 is 1.20 bits per heavy atom. The number of fused-ring (bicyclic) bond motifs is 6. The molecule has 0 saturated carbocycles. The summed E-state index contributed by atoms with van der Waals surface area (Å²) in [6, 6.07) is 54.0. The van der Waals surface area contributed by atoms with Crippen LogP contribution in [0.2, 0.25) is 0 Å². The highest BCUT2D eigenvalue weighted by molar-refractivity contribution is 6.98. The van der Waals surface area contributed by atoms with Crippen molar-refractivity contribution in [2.24, 2.45) is 0 Å². The smallest absolute Gasteiger partial charge is 0.260 e. The van der Waals surface area contributed by atoms with E-state index in [4.69, 9.17) is 9.47 Å². The molecule has 2 heterocycles. The molecular weight excluding hydrogens is 715 g/mol. The topological polar surface area (TPSA) is 18.5 Å². The van der Waals surface area contributed by atoms with E-state index in [2.05, 4.69) is 208 Å². The molecule has 0 fully saturated rings. The summed E-state index contributed by atoms with van der Waals surface area (Å²) in [6.07, 6.45) is 0. The number of ether oxygens (including phenoxy) is 2. The van der Waals surface area contributed by atoms with Gasteiger partial charge in [-0.15, -0.1) is 0 Å². The fourth-order valence-electron chi connectivity index (χ4n) is 9.32. The Balaban J connectivity index is 1.22. The molecule has 3 heteroatoms. The summed E-state index contributed by atoms with van der Waals surface area (Å²) < 4.78 is 14.0. The summed E-state index contributed by atoms with van der Waals surface area (Å²) in [6.45, 7) is 20.5. The first-order valence-electron chi connectivity index (χ1n) is 21.1. The first-order valence-corrected chi connectivity index (χ1v) is 21.1. The van der Waals surface area contributed by atoms with Crippen molar-refractivity contribution < 1.29 is 9.47 Å². The summed E-state index contributed by atoms with van der Waals surface area (Å²) in [4.78, 5) is 0. The Labute approximate surface area is 349 Å². The molecule has 0 saturated heterocycles. The van der Waals surface area contributed by atoms with Crippen molar-refractivity contribution in [3.63, 3.8) is 0 Å². The van der Waals surface area contributed by atoms with Crippen molar-refractivity contribution in [1.82, 2.24) is 0 Å². The maximum Gasteiger partial charge on any atom is 0.260 e. The van der Waals surface area contributed by atoms with Crippen molar-refractivity contribution in [1.29, 1.82) is 0 Å². The first-order chi connectivity index (χ1) is 28.1. The minimum absolute atomic E-state index is 0.00177. The lowest BCUT2D eigenvalue weighted by atomic mass is 9.34. The Bertz CT molecular complexity index is 2840. The van der Waals surface area contributed by atoms with Crippen LogP contribution in [0.4, 0.5) is 0 Å². The van der Waals surface area contributed by atoms with Gasteiger partial charge in [-0.25, -0.2) is 0 Å². The molecule has 0 amide bonds. The second kappa shape index (κ2) is 13.2. The lowest BCUT2D eigenvalue weighted by molar-refractivity contribution is 0.461. The molecule has 290 valence electrons. The minimum atomic E-state index is -0.106. The Hall–Kier alpha value is -6.06. The molecule has 2 aliphatic heterocycles. The third-order valence-corrected chi connectivity index (χ3v) is 12.6. The SMILES string of the molecule is CC(C)(C)c1cc(-c2cc3c4c(c2)Oc2cc(C(C)(C)C)ccc2B4c2ccc(C(C)(C)C)cc2O3)cc(-c2c3ccccc3c(-c3ccccc3)c3ccccc23)c1. The summed E-state index contributed by atoms with van der Waals surface area (Å²) in [5, 5.41) is 5.00. The molecule has 8 aromatic carbocycles. The Kier molecular flexibility index (Phi) is 8.35. The molecule has 0 bridgehead atoms. The van der Waals surface area contributed by atoms with Gasteiger partial charge in [-0.1, -0.05) is 178 Å². The molecule has 0 radical (unpaired) electrons. The quantitative estimate of drug-likeness (QED) is 0.132. The van der Waals surface area contributed by atoms with Crippen LogP contribution in [0.3, 0.4) is 0 Å². The van der Waals surface area contributed by atoms with E-state index >= 15 is 0 Å². The molecule has 2 nitrogen and oxygen atoms in total. The zero-order chi connectivity index (χ0) is 41.0. The highest BCUT2D eigenvalue weighted by Gasteiger charge is 2.41. The van der Waals surface area contributed by atoms with Gasteiger partial charge in [0, 0.05) is 5.46 Å². The summed E-state index contributed by atoms with van der Waals surface area (Å²) in [7, 11) is 0. The lowest BCUT2D eigenvalue weighted by Crippen LogP contribution is -2.57. The average Bonchev–Trinajstić information content (AvgIpc) is 3.21. The van der Waals surface area contributed by atoms with Crippen molar-refractivity contribution in [3.8, 4) is 56.4 Å². The van der Waals surface area contributed by atoms with Gasteiger partial charge in [0.1, 0.15) is 23.0 Å². The number of benzene rings is 8. The summed E-state index contributed by atoms with van der Waals surface area (Å²) in [5.41, 5.74) is 14.3. The van der Waals surface area contributed by atoms with Crippen LogP contribution in [0.5, 0.6) is 23.0 Å². The van der Waals surface area contributed by atoms with Crippen LogP contribution in [0.1, 0.15) is 79.0 Å². The monoisotopic (exact) mass is 766 g/mol. The zero-order valence-corrected chi connectivity index (χ0v) is 35.8. The van der Waals surface area contributed by atoms with Crippen LogP contribution in [0, 0.1) is 0 Å². The van der Waals surface area contributed by atoms with E-state index in [1.807, 2.05) is 0 Å². The van der Waals surface area contributed by atoms with Crippen LogP contribution in [-0.4, -0.2) is 6.71 Å². The molecular formula is C56H51BO2. The minimum Gasteiger partial charge on any atom is -0.458 e. The molecule has 0 aromatic heterocycles. The number of hydrogen-bond acceptors (Lipinski definition) is 2. The van der Waals surface area contributed by atoms with Crippen molar-refractivity contribution in [2.45, 2.75) is 78.6 Å². The van der Waals surface area contributed by atoms with E-state index in [0.717, 1.165) is 39.6 Å². The Morgan fingerprint density at radius 2 is 0.746 bits per heavy atom. The second-order valence-corrected chi connectivity index (χ2v) is 19.8. The second-order valence-electron chi connectivity index (χ2n) is 19.8. The predicted octanol–water partition coefficient (Wildman–Crippen LogP) is 13.6. The van der Waals surface area contributed by atoms with E-state index in [0.29, 0.717) is 0 Å². The van der Waals surface area contributed by atoms with E-state index < -0.39 is 0 Å². The van der Waals surface area contributed by atoms with Crippen molar-refractivity contribution >= 4 is 44.6 Å². The first kappa shape index (κ1) is 37.2. The van der Waals surface area contributed by atoms with Gasteiger partial charge < -0.3 is 9.47 Å². The van der Waals surface area contributed by atoms with Gasteiger partial charge in [0.25, 0.3) is 6.71 Å². The molecule has 10 rings (SSSR count). The highest BCUT2D eigenvalue weighted by atomic mass is 16.5. The van der Waals surface area contributed by atoms with Gasteiger partial charge in [-0.05, 0) is 129 Å². The molecule has 0 spiro atoms. The highest BCUT2D eigenvalue weighted by Crippen LogP contribution is 2.47. The van der Waals surface area contributed by atoms with Gasteiger partial charge in [-0.2, -0.15) is 0 Å². The summed E-state index contributed by atoms with van der Waals surface area (Å²) in [5.74, 6) is 3.56. The summed E-state index contributed by atoms with van der Waals surface area (Å²) >= 11 is 0. The molecule has 2 aliphatic rings.